The zero-order valence-electron chi connectivity index (χ0n) is 26.5. The Morgan fingerprint density at radius 1 is 1.05 bits per heavy atom. The zero-order valence-corrected chi connectivity index (χ0v) is 27.3. The van der Waals surface area contributed by atoms with E-state index in [1.54, 1.807) is 6.20 Å². The van der Waals surface area contributed by atoms with Gasteiger partial charge in [-0.1, -0.05) is 29.8 Å². The van der Waals surface area contributed by atoms with Crippen LogP contribution in [0.15, 0.2) is 36.7 Å². The summed E-state index contributed by atoms with van der Waals surface area (Å²) in [7, 11) is 0. The van der Waals surface area contributed by atoms with Crippen molar-refractivity contribution in [2.75, 3.05) is 57.7 Å². The van der Waals surface area contributed by atoms with Crippen LogP contribution in [0.1, 0.15) is 59.3 Å². The molecule has 3 aromatic rings. The van der Waals surface area contributed by atoms with Crippen LogP contribution in [-0.2, 0) is 4.74 Å². The number of piperidine rings is 2. The molecule has 1 amide bonds. The maximum absolute atomic E-state index is 12.4. The number of benzene rings is 1. The minimum Gasteiger partial charge on any atom is -0.444 e. The van der Waals surface area contributed by atoms with E-state index < -0.39 is 5.60 Å². The average molecular weight is 622 g/mol. The molecular formula is C34H48ClN7O2. The number of aromatic nitrogens is 3. The van der Waals surface area contributed by atoms with E-state index in [-0.39, 0.29) is 6.09 Å². The highest BCUT2D eigenvalue weighted by atomic mass is 35.5. The van der Waals surface area contributed by atoms with Gasteiger partial charge in [0, 0.05) is 68.0 Å². The molecule has 0 saturated carbocycles. The Kier molecular flexibility index (Phi) is 9.64. The summed E-state index contributed by atoms with van der Waals surface area (Å²) in [6.45, 7) is 14.3. The van der Waals surface area contributed by atoms with Gasteiger partial charge in [0.25, 0.3) is 0 Å². The first-order valence-corrected chi connectivity index (χ1v) is 16.9. The van der Waals surface area contributed by atoms with Gasteiger partial charge in [0.05, 0.1) is 16.9 Å². The van der Waals surface area contributed by atoms with Crippen molar-refractivity contribution in [2.45, 2.75) is 70.9 Å². The average Bonchev–Trinajstić information content (AvgIpc) is 3.63. The molecule has 2 atom stereocenters. The summed E-state index contributed by atoms with van der Waals surface area (Å²) in [6.07, 6.45) is 10.6. The second kappa shape index (κ2) is 13.6. The van der Waals surface area contributed by atoms with Crippen molar-refractivity contribution in [3.05, 3.63) is 41.7 Å². The van der Waals surface area contributed by atoms with Crippen molar-refractivity contribution in [3.8, 4) is 11.3 Å². The lowest BCUT2D eigenvalue weighted by molar-refractivity contribution is 0.0175. The molecule has 3 aliphatic heterocycles. The number of hydrogen-bond donors (Lipinski definition) is 2. The molecule has 44 heavy (non-hydrogen) atoms. The summed E-state index contributed by atoms with van der Waals surface area (Å²) in [5.74, 6) is 2.06. The fourth-order valence-electron chi connectivity index (χ4n) is 7.16. The van der Waals surface area contributed by atoms with Crippen molar-refractivity contribution in [1.29, 1.82) is 0 Å². The van der Waals surface area contributed by atoms with E-state index in [0.29, 0.717) is 22.9 Å². The van der Waals surface area contributed by atoms with Crippen molar-refractivity contribution >= 4 is 34.5 Å². The number of hydrogen-bond acceptors (Lipinski definition) is 7. The van der Waals surface area contributed by atoms with Gasteiger partial charge in [-0.3, -0.25) is 0 Å². The molecule has 0 bridgehead atoms. The van der Waals surface area contributed by atoms with Crippen molar-refractivity contribution in [1.82, 2.24) is 29.7 Å². The van der Waals surface area contributed by atoms with Crippen LogP contribution in [0.25, 0.3) is 22.2 Å². The van der Waals surface area contributed by atoms with Gasteiger partial charge in [-0.2, -0.15) is 0 Å². The number of halogens is 1. The van der Waals surface area contributed by atoms with Gasteiger partial charge in [0.1, 0.15) is 5.60 Å². The highest BCUT2D eigenvalue weighted by molar-refractivity contribution is 6.33. The molecule has 0 radical (unpaired) electrons. The highest BCUT2D eigenvalue weighted by Gasteiger charge is 2.30. The summed E-state index contributed by atoms with van der Waals surface area (Å²) in [5, 5.41) is 5.26. The molecular weight excluding hydrogens is 574 g/mol. The number of aromatic amines is 1. The number of nitrogens with one attached hydrogen (secondary N) is 2. The zero-order chi connectivity index (χ0) is 30.7. The number of H-pyrrole nitrogens is 1. The second-order valence-corrected chi connectivity index (χ2v) is 14.4. The number of rotatable bonds is 8. The molecule has 3 saturated heterocycles. The van der Waals surface area contributed by atoms with E-state index in [9.17, 15) is 4.79 Å². The number of anilines is 1. The number of amides is 1. The monoisotopic (exact) mass is 621 g/mol. The van der Waals surface area contributed by atoms with Gasteiger partial charge < -0.3 is 29.7 Å². The van der Waals surface area contributed by atoms with Crippen LogP contribution in [0.2, 0.25) is 5.02 Å². The fourth-order valence-corrected chi connectivity index (χ4v) is 7.35. The van der Waals surface area contributed by atoms with Crippen LogP contribution in [-0.4, -0.2) is 99.7 Å². The molecule has 0 aliphatic carbocycles. The molecule has 5 heterocycles. The molecule has 6 rings (SSSR count). The van der Waals surface area contributed by atoms with E-state index in [1.165, 1.54) is 38.9 Å². The lowest BCUT2D eigenvalue weighted by Crippen LogP contribution is -2.43. The summed E-state index contributed by atoms with van der Waals surface area (Å²) >= 11 is 6.55. The normalized spacial score (nSPS) is 22.5. The van der Waals surface area contributed by atoms with E-state index in [2.05, 4.69) is 37.2 Å². The first kappa shape index (κ1) is 31.1. The van der Waals surface area contributed by atoms with Crippen molar-refractivity contribution < 1.29 is 9.53 Å². The van der Waals surface area contributed by atoms with Gasteiger partial charge in [0.15, 0.2) is 0 Å². The van der Waals surface area contributed by atoms with Crippen LogP contribution < -0.4 is 5.32 Å². The Bertz CT molecular complexity index is 1410. The number of nitrogens with zero attached hydrogens (tertiary/aromatic N) is 5. The lowest BCUT2D eigenvalue weighted by Gasteiger charge is -2.37. The number of para-hydroxylation sites is 1. The number of fused-ring (bicyclic) bond motifs is 1. The van der Waals surface area contributed by atoms with E-state index in [1.807, 2.05) is 44.0 Å². The van der Waals surface area contributed by atoms with Gasteiger partial charge in [-0.05, 0) is 90.3 Å². The molecule has 1 aromatic carbocycles. The minimum absolute atomic E-state index is 0.162. The summed E-state index contributed by atoms with van der Waals surface area (Å²) in [4.78, 5) is 32.3. The van der Waals surface area contributed by atoms with Crippen LogP contribution in [0.5, 0.6) is 0 Å². The van der Waals surface area contributed by atoms with Crippen LogP contribution in [0, 0.1) is 11.8 Å². The maximum Gasteiger partial charge on any atom is 0.410 e. The molecule has 2 aromatic heterocycles. The summed E-state index contributed by atoms with van der Waals surface area (Å²) < 4.78 is 5.56. The quantitative estimate of drug-likeness (QED) is 0.296. The number of ether oxygens (including phenoxy) is 1. The van der Waals surface area contributed by atoms with Crippen LogP contribution in [0.4, 0.5) is 10.7 Å². The predicted molar refractivity (Wildman–Crippen MR) is 177 cm³/mol. The van der Waals surface area contributed by atoms with Crippen molar-refractivity contribution in [2.24, 2.45) is 11.8 Å². The fraction of sp³-hybridized carbons (Fsp3) is 0.618. The Morgan fingerprint density at radius 3 is 2.68 bits per heavy atom. The Labute approximate surface area is 266 Å². The number of likely N-dealkylation sites (tertiary alicyclic amines) is 3. The minimum atomic E-state index is -0.431. The summed E-state index contributed by atoms with van der Waals surface area (Å²) in [5.41, 5.74) is 2.39. The predicted octanol–water partition coefficient (Wildman–Crippen LogP) is 6.51. The van der Waals surface area contributed by atoms with Gasteiger partial charge in [0.2, 0.25) is 5.95 Å². The SMILES string of the molecule is CC(C)(C)OC(=O)N1CCC(CCN2CCCC(CN3CCC(Nc4ncc(Cl)c(-c5c[nH]c6ccccc56)n4)C3)C2)CC1. The number of carbonyl (C=O) groups excluding carboxylic acids is 1. The third-order valence-corrected chi connectivity index (χ3v) is 9.71. The molecule has 3 fully saturated rings. The highest BCUT2D eigenvalue weighted by Crippen LogP contribution is 2.33. The standard InChI is InChI=1S/C34H48ClN7O2/c1-34(2,3)44-33(43)42-17-11-24(12-18-42)10-15-40-14-6-7-25(21-40)22-41-16-13-26(23-41)38-32-37-20-29(35)31(39-32)28-19-36-30-9-5-4-8-27(28)30/h4-5,8-9,19-20,24-26,36H,6-7,10-18,21-23H2,1-3H3,(H,37,38,39). The first-order valence-electron chi connectivity index (χ1n) is 16.5. The molecule has 0 spiro atoms. The Hall–Kier alpha value is -2.88. The van der Waals surface area contributed by atoms with Gasteiger partial charge in [-0.15, -0.1) is 0 Å². The van der Waals surface area contributed by atoms with Gasteiger partial charge >= 0.3 is 6.09 Å². The third kappa shape index (κ3) is 7.85. The largest absolute Gasteiger partial charge is 0.444 e. The smallest absolute Gasteiger partial charge is 0.410 e. The van der Waals surface area contributed by atoms with Crippen LogP contribution in [0.3, 0.4) is 0 Å². The molecule has 2 unspecified atom stereocenters. The summed E-state index contributed by atoms with van der Waals surface area (Å²) in [6, 6.07) is 8.54. The van der Waals surface area contributed by atoms with Crippen molar-refractivity contribution in [3.63, 3.8) is 0 Å². The Morgan fingerprint density at radius 2 is 1.86 bits per heavy atom. The number of carbonyl (C=O) groups is 1. The molecule has 9 nitrogen and oxygen atoms in total. The molecule has 3 aliphatic rings. The van der Waals surface area contributed by atoms with E-state index >= 15 is 0 Å². The Balaban J connectivity index is 0.941. The molecule has 2 N–H and O–H groups in total. The molecule has 238 valence electrons. The molecule has 10 heteroatoms. The first-order chi connectivity index (χ1) is 21.2. The topological polar surface area (TPSA) is 89.6 Å². The van der Waals surface area contributed by atoms with E-state index in [4.69, 9.17) is 21.3 Å². The van der Waals surface area contributed by atoms with Gasteiger partial charge in [-0.25, -0.2) is 14.8 Å². The third-order valence-electron chi connectivity index (χ3n) is 9.43. The lowest BCUT2D eigenvalue weighted by atomic mass is 9.92. The second-order valence-electron chi connectivity index (χ2n) is 14.0. The maximum atomic E-state index is 12.4. The van der Waals surface area contributed by atoms with Crippen LogP contribution >= 0.6 is 11.6 Å². The van der Waals surface area contributed by atoms with E-state index in [0.717, 1.165) is 80.1 Å².